The number of hydrogen-bond acceptors (Lipinski definition) is 2. The zero-order valence-electron chi connectivity index (χ0n) is 11.2. The summed E-state index contributed by atoms with van der Waals surface area (Å²) in [6.07, 6.45) is 0. The molecule has 4 heteroatoms. The van der Waals surface area contributed by atoms with Gasteiger partial charge in [0.15, 0.2) is 0 Å². The van der Waals surface area contributed by atoms with Gasteiger partial charge in [-0.1, -0.05) is 0 Å². The van der Waals surface area contributed by atoms with Crippen molar-refractivity contribution in [3.63, 3.8) is 0 Å². The summed E-state index contributed by atoms with van der Waals surface area (Å²) in [5.41, 5.74) is 1.36. The van der Waals surface area contributed by atoms with Crippen molar-refractivity contribution in [2.45, 2.75) is 33.7 Å². The van der Waals surface area contributed by atoms with E-state index in [1.54, 1.807) is 24.0 Å². The zero-order valence-corrected chi connectivity index (χ0v) is 11.2. The first kappa shape index (κ1) is 14.2. The van der Waals surface area contributed by atoms with E-state index in [9.17, 15) is 9.59 Å². The monoisotopic (exact) mass is 249 g/mol. The number of nitrogens with zero attached hydrogens (tertiary/aromatic N) is 1. The molecule has 1 N–H and O–H groups in total. The Bertz CT molecular complexity index is 466. The molecule has 0 aliphatic carbocycles. The van der Waals surface area contributed by atoms with Crippen LogP contribution in [0.5, 0.6) is 0 Å². The number of carbonyl (C=O) groups excluding carboxylic acids is 1. The van der Waals surface area contributed by atoms with E-state index in [0.717, 1.165) is 5.56 Å². The van der Waals surface area contributed by atoms with Gasteiger partial charge < -0.3 is 10.0 Å². The molecule has 1 rings (SSSR count). The van der Waals surface area contributed by atoms with Crippen molar-refractivity contribution in [2.75, 3.05) is 6.54 Å². The van der Waals surface area contributed by atoms with Gasteiger partial charge in [-0.05, 0) is 51.5 Å². The molecular formula is C14H19NO3. The van der Waals surface area contributed by atoms with Gasteiger partial charge in [0, 0.05) is 18.2 Å². The van der Waals surface area contributed by atoms with Crippen molar-refractivity contribution in [1.82, 2.24) is 4.90 Å². The molecule has 0 atom stereocenters. The Morgan fingerprint density at radius 3 is 2.22 bits per heavy atom. The molecule has 1 aromatic carbocycles. The van der Waals surface area contributed by atoms with Crippen LogP contribution in [0.2, 0.25) is 0 Å². The van der Waals surface area contributed by atoms with Crippen LogP contribution in [-0.4, -0.2) is 34.5 Å². The van der Waals surface area contributed by atoms with Crippen molar-refractivity contribution >= 4 is 11.9 Å². The lowest BCUT2D eigenvalue weighted by atomic mass is 10.0. The van der Waals surface area contributed by atoms with E-state index >= 15 is 0 Å². The molecule has 0 unspecified atom stereocenters. The largest absolute Gasteiger partial charge is 0.478 e. The fourth-order valence-corrected chi connectivity index (χ4v) is 1.94. The van der Waals surface area contributed by atoms with Crippen LogP contribution in [0, 0.1) is 6.92 Å². The van der Waals surface area contributed by atoms with Gasteiger partial charge in [0.2, 0.25) is 0 Å². The van der Waals surface area contributed by atoms with Crippen molar-refractivity contribution < 1.29 is 14.7 Å². The van der Waals surface area contributed by atoms with Crippen molar-refractivity contribution in [3.05, 3.63) is 34.9 Å². The average Bonchev–Trinajstić information content (AvgIpc) is 2.28. The van der Waals surface area contributed by atoms with Gasteiger partial charge >= 0.3 is 5.97 Å². The van der Waals surface area contributed by atoms with Gasteiger partial charge in [-0.25, -0.2) is 4.79 Å². The maximum Gasteiger partial charge on any atom is 0.335 e. The quantitative estimate of drug-likeness (QED) is 0.892. The van der Waals surface area contributed by atoms with Crippen molar-refractivity contribution in [3.8, 4) is 0 Å². The Morgan fingerprint density at radius 2 is 1.78 bits per heavy atom. The summed E-state index contributed by atoms with van der Waals surface area (Å²) in [5, 5.41) is 9.00. The number of hydrogen-bond donors (Lipinski definition) is 1. The molecule has 18 heavy (non-hydrogen) atoms. The molecule has 0 aromatic heterocycles. The highest BCUT2D eigenvalue weighted by Gasteiger charge is 2.18. The molecule has 4 nitrogen and oxygen atoms in total. The second-order valence-corrected chi connectivity index (χ2v) is 4.58. The fourth-order valence-electron chi connectivity index (χ4n) is 1.94. The molecule has 0 bridgehead atoms. The maximum atomic E-state index is 12.3. The first-order chi connectivity index (χ1) is 8.36. The highest BCUT2D eigenvalue weighted by atomic mass is 16.4. The Balaban J connectivity index is 3.16. The fraction of sp³-hybridized carbons (Fsp3) is 0.429. The molecule has 0 aliphatic rings. The summed E-state index contributed by atoms with van der Waals surface area (Å²) in [4.78, 5) is 25.0. The lowest BCUT2D eigenvalue weighted by molar-refractivity contribution is 0.0696. The van der Waals surface area contributed by atoms with Crippen LogP contribution in [0.3, 0.4) is 0 Å². The van der Waals surface area contributed by atoms with E-state index in [1.807, 2.05) is 20.8 Å². The third kappa shape index (κ3) is 3.09. The van der Waals surface area contributed by atoms with Crippen molar-refractivity contribution in [1.29, 1.82) is 0 Å². The Kier molecular flexibility index (Phi) is 4.48. The third-order valence-electron chi connectivity index (χ3n) is 2.80. The van der Waals surface area contributed by atoms with Crippen molar-refractivity contribution in [2.24, 2.45) is 0 Å². The first-order valence-corrected chi connectivity index (χ1v) is 6.02. The number of amides is 1. The van der Waals surface area contributed by atoms with Gasteiger partial charge in [-0.2, -0.15) is 0 Å². The molecule has 0 radical (unpaired) electrons. The number of carbonyl (C=O) groups is 2. The number of benzene rings is 1. The molecule has 0 fully saturated rings. The van der Waals surface area contributed by atoms with Crippen LogP contribution in [0.15, 0.2) is 18.2 Å². The number of rotatable bonds is 4. The number of carboxylic acid groups (broad SMARTS) is 1. The lowest BCUT2D eigenvalue weighted by Crippen LogP contribution is -2.36. The second kappa shape index (κ2) is 5.67. The van der Waals surface area contributed by atoms with Crippen LogP contribution in [-0.2, 0) is 0 Å². The summed E-state index contributed by atoms with van der Waals surface area (Å²) < 4.78 is 0. The number of carboxylic acids is 1. The SMILES string of the molecule is CCN(C(=O)c1cc(C)cc(C(=O)O)c1)C(C)C. The highest BCUT2D eigenvalue weighted by molar-refractivity contribution is 5.98. The molecule has 0 spiro atoms. The summed E-state index contributed by atoms with van der Waals surface area (Å²) in [7, 11) is 0. The molecule has 0 aliphatic heterocycles. The smallest absolute Gasteiger partial charge is 0.335 e. The highest BCUT2D eigenvalue weighted by Crippen LogP contribution is 2.14. The van der Waals surface area contributed by atoms with Crippen LogP contribution < -0.4 is 0 Å². The molecule has 1 aromatic rings. The van der Waals surface area contributed by atoms with Gasteiger partial charge in [0.1, 0.15) is 0 Å². The summed E-state index contributed by atoms with van der Waals surface area (Å²) in [6.45, 7) is 8.18. The van der Waals surface area contributed by atoms with E-state index in [1.165, 1.54) is 6.07 Å². The first-order valence-electron chi connectivity index (χ1n) is 6.02. The van der Waals surface area contributed by atoms with Gasteiger partial charge in [-0.15, -0.1) is 0 Å². The van der Waals surface area contributed by atoms with Crippen LogP contribution in [0.25, 0.3) is 0 Å². The third-order valence-corrected chi connectivity index (χ3v) is 2.80. The summed E-state index contributed by atoms with van der Waals surface area (Å²) in [5.74, 6) is -1.14. The zero-order chi connectivity index (χ0) is 13.9. The average molecular weight is 249 g/mol. The van der Waals surface area contributed by atoms with E-state index in [-0.39, 0.29) is 17.5 Å². The Labute approximate surface area is 107 Å². The molecule has 98 valence electrons. The summed E-state index contributed by atoms with van der Waals surface area (Å²) in [6, 6.07) is 4.81. The minimum atomic E-state index is -1.01. The van der Waals surface area contributed by atoms with Gasteiger partial charge in [0.05, 0.1) is 5.56 Å². The van der Waals surface area contributed by atoms with E-state index in [0.29, 0.717) is 12.1 Å². The Morgan fingerprint density at radius 1 is 1.22 bits per heavy atom. The van der Waals surface area contributed by atoms with E-state index < -0.39 is 5.97 Å². The standard InChI is InChI=1S/C14H19NO3/c1-5-15(9(2)3)13(16)11-6-10(4)7-12(8-11)14(17)18/h6-9H,5H2,1-4H3,(H,17,18). The lowest BCUT2D eigenvalue weighted by Gasteiger charge is -2.25. The predicted octanol–water partition coefficient (Wildman–Crippen LogP) is 2.56. The van der Waals surface area contributed by atoms with Gasteiger partial charge in [-0.3, -0.25) is 4.79 Å². The minimum Gasteiger partial charge on any atom is -0.478 e. The topological polar surface area (TPSA) is 57.6 Å². The van der Waals surface area contributed by atoms with E-state index in [2.05, 4.69) is 0 Å². The maximum absolute atomic E-state index is 12.3. The van der Waals surface area contributed by atoms with Gasteiger partial charge in [0.25, 0.3) is 5.91 Å². The molecule has 0 saturated carbocycles. The van der Waals surface area contributed by atoms with Crippen LogP contribution >= 0.6 is 0 Å². The minimum absolute atomic E-state index is 0.0938. The Hall–Kier alpha value is -1.84. The van der Waals surface area contributed by atoms with Crippen LogP contribution in [0.1, 0.15) is 47.1 Å². The van der Waals surface area contributed by atoms with E-state index in [4.69, 9.17) is 5.11 Å². The molecule has 1 amide bonds. The van der Waals surface area contributed by atoms with Crippen LogP contribution in [0.4, 0.5) is 0 Å². The molecule has 0 saturated heterocycles. The number of aryl methyl sites for hydroxylation is 1. The second-order valence-electron chi connectivity index (χ2n) is 4.58. The number of aromatic carboxylic acids is 1. The molecule has 0 heterocycles. The predicted molar refractivity (Wildman–Crippen MR) is 70.0 cm³/mol. The summed E-state index contributed by atoms with van der Waals surface area (Å²) >= 11 is 0. The molecular weight excluding hydrogens is 230 g/mol. The normalized spacial score (nSPS) is 10.5.